The Kier molecular flexibility index (Phi) is 5.80. The Morgan fingerprint density at radius 3 is 2.43 bits per heavy atom. The molecule has 2 N–H and O–H groups in total. The molecule has 0 saturated heterocycles. The van der Waals surface area contributed by atoms with Gasteiger partial charge < -0.3 is 10.5 Å². The maximum absolute atomic E-state index is 13.0. The second kappa shape index (κ2) is 8.08. The van der Waals surface area contributed by atoms with Crippen molar-refractivity contribution >= 4 is 5.91 Å². The Morgan fingerprint density at radius 2 is 1.83 bits per heavy atom. The highest BCUT2D eigenvalue weighted by Gasteiger charge is 2.46. The van der Waals surface area contributed by atoms with E-state index < -0.39 is 11.7 Å². The van der Waals surface area contributed by atoms with E-state index >= 15 is 0 Å². The molecule has 2 aliphatic carbocycles. The summed E-state index contributed by atoms with van der Waals surface area (Å²) in [6.07, 6.45) is 4.79. The monoisotopic (exact) mass is 423 g/mol. The maximum Gasteiger partial charge on any atom is 0.416 e. The Labute approximate surface area is 176 Å². The molecule has 1 spiro atoms. The van der Waals surface area contributed by atoms with Gasteiger partial charge in [-0.15, -0.1) is 0 Å². The second-order valence-electron chi connectivity index (χ2n) is 9.99. The summed E-state index contributed by atoms with van der Waals surface area (Å²) < 4.78 is 44.8. The largest absolute Gasteiger partial charge is 0.492 e. The van der Waals surface area contributed by atoms with Crippen molar-refractivity contribution in [3.63, 3.8) is 0 Å². The number of benzene rings is 1. The smallest absolute Gasteiger partial charge is 0.416 e. The van der Waals surface area contributed by atoms with E-state index in [-0.39, 0.29) is 23.2 Å². The summed E-state index contributed by atoms with van der Waals surface area (Å²) in [5, 5.41) is 0. The minimum Gasteiger partial charge on any atom is -0.492 e. The molecule has 4 rings (SSSR count). The predicted molar refractivity (Wildman–Crippen MR) is 109 cm³/mol. The minimum absolute atomic E-state index is 0.0878. The van der Waals surface area contributed by atoms with Gasteiger partial charge in [0.2, 0.25) is 5.91 Å². The zero-order valence-corrected chi connectivity index (χ0v) is 17.6. The third kappa shape index (κ3) is 4.19. The van der Waals surface area contributed by atoms with Gasteiger partial charge in [0.25, 0.3) is 0 Å². The topological polar surface area (TPSA) is 52.3 Å². The van der Waals surface area contributed by atoms with Crippen molar-refractivity contribution in [2.75, 3.05) is 6.61 Å². The SMILES string of the molecule is C[C@H]1CC[C@H](CC(C(N)=O)C2CCC3(CC2)COc2cc(C(F)(F)F)ccc23)CC1. The normalized spacial score (nSPS) is 32.5. The molecule has 1 aromatic carbocycles. The van der Waals surface area contributed by atoms with Crippen LogP contribution in [0.4, 0.5) is 13.2 Å². The quantitative estimate of drug-likeness (QED) is 0.661. The first-order chi connectivity index (χ1) is 14.2. The van der Waals surface area contributed by atoms with Crippen LogP contribution in [0.3, 0.4) is 0 Å². The Morgan fingerprint density at radius 1 is 1.17 bits per heavy atom. The first kappa shape index (κ1) is 21.5. The summed E-state index contributed by atoms with van der Waals surface area (Å²) in [6, 6.07) is 3.89. The number of alkyl halides is 3. The molecule has 2 fully saturated rings. The third-order valence-electron chi connectivity index (χ3n) is 8.03. The predicted octanol–water partition coefficient (Wildman–Crippen LogP) is 5.84. The molecule has 1 aromatic rings. The lowest BCUT2D eigenvalue weighted by atomic mass is 9.64. The molecule has 1 amide bonds. The van der Waals surface area contributed by atoms with E-state index in [1.165, 1.54) is 25.7 Å². The van der Waals surface area contributed by atoms with Gasteiger partial charge >= 0.3 is 6.18 Å². The number of nitrogens with two attached hydrogens (primary N) is 1. The molecule has 2 saturated carbocycles. The number of hydrogen-bond donors (Lipinski definition) is 1. The summed E-state index contributed by atoms with van der Waals surface area (Å²) in [6.45, 7) is 2.72. The molecule has 0 aromatic heterocycles. The van der Waals surface area contributed by atoms with Gasteiger partial charge in [-0.1, -0.05) is 38.7 Å². The number of carbonyl (C=O) groups is 1. The molecular weight excluding hydrogens is 391 g/mol. The Balaban J connectivity index is 1.43. The van der Waals surface area contributed by atoms with Crippen LogP contribution in [0.2, 0.25) is 0 Å². The Bertz CT molecular complexity index is 775. The van der Waals surface area contributed by atoms with Crippen molar-refractivity contribution < 1.29 is 22.7 Å². The van der Waals surface area contributed by atoms with Crippen molar-refractivity contribution in [1.82, 2.24) is 0 Å². The second-order valence-corrected chi connectivity index (χ2v) is 9.99. The number of hydrogen-bond acceptors (Lipinski definition) is 2. The van der Waals surface area contributed by atoms with Gasteiger partial charge in [-0.2, -0.15) is 13.2 Å². The summed E-state index contributed by atoms with van der Waals surface area (Å²) in [7, 11) is 0. The van der Waals surface area contributed by atoms with Crippen molar-refractivity contribution in [3.8, 4) is 5.75 Å². The molecule has 3 aliphatic rings. The average Bonchev–Trinajstić information content (AvgIpc) is 3.05. The van der Waals surface area contributed by atoms with Crippen LogP contribution in [0.15, 0.2) is 18.2 Å². The Hall–Kier alpha value is -1.72. The van der Waals surface area contributed by atoms with Crippen LogP contribution < -0.4 is 10.5 Å². The van der Waals surface area contributed by atoms with Crippen LogP contribution in [0.5, 0.6) is 5.75 Å². The van der Waals surface area contributed by atoms with Crippen molar-refractivity contribution in [1.29, 1.82) is 0 Å². The molecule has 1 atom stereocenters. The summed E-state index contributed by atoms with van der Waals surface area (Å²) >= 11 is 0. The van der Waals surface area contributed by atoms with Crippen LogP contribution in [0.25, 0.3) is 0 Å². The number of carbonyl (C=O) groups excluding carboxylic acids is 1. The van der Waals surface area contributed by atoms with Gasteiger partial charge in [-0.25, -0.2) is 0 Å². The molecule has 30 heavy (non-hydrogen) atoms. The zero-order chi connectivity index (χ0) is 21.5. The number of amides is 1. The van der Waals surface area contributed by atoms with Crippen LogP contribution in [-0.4, -0.2) is 12.5 Å². The zero-order valence-electron chi connectivity index (χ0n) is 17.6. The van der Waals surface area contributed by atoms with Crippen molar-refractivity contribution in [2.45, 2.75) is 76.3 Å². The highest BCUT2D eigenvalue weighted by atomic mass is 19.4. The van der Waals surface area contributed by atoms with Crippen LogP contribution in [0.1, 0.15) is 75.8 Å². The number of ether oxygens (including phenoxy) is 1. The van der Waals surface area contributed by atoms with Crippen LogP contribution >= 0.6 is 0 Å². The fourth-order valence-corrected chi connectivity index (χ4v) is 6.02. The molecule has 0 radical (unpaired) electrons. The van der Waals surface area contributed by atoms with Gasteiger partial charge in [0, 0.05) is 16.9 Å². The molecular formula is C24H32F3NO2. The fraction of sp³-hybridized carbons (Fsp3) is 0.708. The van der Waals surface area contributed by atoms with Gasteiger partial charge in [0.05, 0.1) is 12.2 Å². The van der Waals surface area contributed by atoms with E-state index in [9.17, 15) is 18.0 Å². The van der Waals surface area contributed by atoms with Gasteiger partial charge in [0.15, 0.2) is 0 Å². The number of halogens is 3. The number of rotatable bonds is 4. The molecule has 1 heterocycles. The molecule has 1 aliphatic heterocycles. The lowest BCUT2D eigenvalue weighted by Gasteiger charge is -2.40. The van der Waals surface area contributed by atoms with Gasteiger partial charge in [0.1, 0.15) is 5.75 Å². The number of primary amides is 1. The standard InChI is InChI=1S/C24H32F3NO2/c1-15-2-4-16(5-3-15)12-19(22(28)29)17-8-10-23(11-9-17)14-30-21-13-18(24(25,26)27)6-7-20(21)23/h6-7,13,15-17,19H,2-5,8-12,14H2,1H3,(H2,28,29)/t15-,16-,17?,19?,23?. The summed E-state index contributed by atoms with van der Waals surface area (Å²) in [4.78, 5) is 12.3. The lowest BCUT2D eigenvalue weighted by Crippen LogP contribution is -2.39. The molecule has 3 nitrogen and oxygen atoms in total. The van der Waals surface area contributed by atoms with E-state index in [0.29, 0.717) is 18.3 Å². The van der Waals surface area contributed by atoms with E-state index in [1.807, 2.05) is 0 Å². The summed E-state index contributed by atoms with van der Waals surface area (Å²) in [5.74, 6) is 1.73. The van der Waals surface area contributed by atoms with E-state index in [2.05, 4.69) is 6.92 Å². The minimum atomic E-state index is -4.36. The average molecular weight is 424 g/mol. The third-order valence-corrected chi connectivity index (χ3v) is 8.03. The maximum atomic E-state index is 13.0. The first-order valence-corrected chi connectivity index (χ1v) is 11.3. The van der Waals surface area contributed by atoms with E-state index in [1.54, 1.807) is 6.07 Å². The van der Waals surface area contributed by atoms with Crippen LogP contribution in [-0.2, 0) is 16.4 Å². The summed E-state index contributed by atoms with van der Waals surface area (Å²) in [5.41, 5.74) is 5.83. The molecule has 6 heteroatoms. The first-order valence-electron chi connectivity index (χ1n) is 11.3. The molecule has 1 unspecified atom stereocenters. The molecule has 166 valence electrons. The fourth-order valence-electron chi connectivity index (χ4n) is 6.02. The number of fused-ring (bicyclic) bond motifs is 2. The van der Waals surface area contributed by atoms with Gasteiger partial charge in [-0.05, 0) is 62.0 Å². The van der Waals surface area contributed by atoms with E-state index in [0.717, 1.165) is 55.7 Å². The van der Waals surface area contributed by atoms with Crippen molar-refractivity contribution in [3.05, 3.63) is 29.3 Å². The highest BCUT2D eigenvalue weighted by molar-refractivity contribution is 5.77. The van der Waals surface area contributed by atoms with Crippen molar-refractivity contribution in [2.24, 2.45) is 29.4 Å². The van der Waals surface area contributed by atoms with E-state index in [4.69, 9.17) is 10.5 Å². The highest BCUT2D eigenvalue weighted by Crippen LogP contribution is 2.52. The molecule has 0 bridgehead atoms. The van der Waals surface area contributed by atoms with Crippen LogP contribution in [0, 0.1) is 23.7 Å². The lowest BCUT2D eigenvalue weighted by molar-refractivity contribution is -0.137. The van der Waals surface area contributed by atoms with Gasteiger partial charge in [-0.3, -0.25) is 4.79 Å².